The van der Waals surface area contributed by atoms with Crippen molar-refractivity contribution in [1.29, 1.82) is 0 Å². The van der Waals surface area contributed by atoms with Crippen LogP contribution in [0.4, 0.5) is 5.82 Å². The Morgan fingerprint density at radius 3 is 2.86 bits per heavy atom. The van der Waals surface area contributed by atoms with Crippen molar-refractivity contribution in [2.24, 2.45) is 0 Å². The van der Waals surface area contributed by atoms with Crippen LogP contribution in [0.2, 0.25) is 0 Å². The summed E-state index contributed by atoms with van der Waals surface area (Å²) in [5, 5.41) is 3.29. The van der Waals surface area contributed by atoms with E-state index in [4.69, 9.17) is 0 Å². The van der Waals surface area contributed by atoms with Gasteiger partial charge in [-0.2, -0.15) is 0 Å². The van der Waals surface area contributed by atoms with Crippen LogP contribution in [0.3, 0.4) is 0 Å². The molecule has 0 saturated heterocycles. The van der Waals surface area contributed by atoms with Gasteiger partial charge in [0.1, 0.15) is 12.1 Å². The number of anilines is 1. The van der Waals surface area contributed by atoms with E-state index >= 15 is 0 Å². The summed E-state index contributed by atoms with van der Waals surface area (Å²) in [5.41, 5.74) is 0. The topological polar surface area (TPSA) is 41.1 Å². The van der Waals surface area contributed by atoms with Crippen molar-refractivity contribution < 1.29 is 0 Å². The van der Waals surface area contributed by atoms with Gasteiger partial charge in [-0.3, -0.25) is 0 Å². The van der Waals surface area contributed by atoms with Gasteiger partial charge in [0.05, 0.1) is 3.57 Å². The molecule has 1 heterocycles. The summed E-state index contributed by atoms with van der Waals surface area (Å²) < 4.78 is 1.05. The third kappa shape index (κ3) is 3.38. The summed E-state index contributed by atoms with van der Waals surface area (Å²) in [4.78, 5) is 10.3. The van der Waals surface area contributed by atoms with Crippen molar-refractivity contribution in [1.82, 2.24) is 14.9 Å². The van der Waals surface area contributed by atoms with E-state index in [-0.39, 0.29) is 0 Å². The monoisotopic (exact) mass is 306 g/mol. The highest BCUT2D eigenvalue weighted by Gasteiger charge is 2.05. The van der Waals surface area contributed by atoms with Crippen LogP contribution in [0.25, 0.3) is 0 Å². The highest BCUT2D eigenvalue weighted by atomic mass is 127. The highest BCUT2D eigenvalue weighted by Crippen LogP contribution is 2.12. The summed E-state index contributed by atoms with van der Waals surface area (Å²) in [7, 11) is 4.13. The van der Waals surface area contributed by atoms with Gasteiger partial charge in [0.25, 0.3) is 0 Å². The van der Waals surface area contributed by atoms with E-state index in [0.717, 1.165) is 15.9 Å². The predicted octanol–water partition coefficient (Wildman–Crippen LogP) is 1.44. The lowest BCUT2D eigenvalue weighted by atomic mass is 10.3. The summed E-state index contributed by atoms with van der Waals surface area (Å²) in [6.45, 7) is 3.06. The van der Waals surface area contributed by atoms with Crippen molar-refractivity contribution in [2.45, 2.75) is 13.0 Å². The molecule has 78 valence electrons. The van der Waals surface area contributed by atoms with E-state index in [1.54, 1.807) is 12.5 Å². The van der Waals surface area contributed by atoms with Crippen LogP contribution in [0.1, 0.15) is 6.92 Å². The Balaban J connectivity index is 2.50. The zero-order valence-corrected chi connectivity index (χ0v) is 10.8. The summed E-state index contributed by atoms with van der Waals surface area (Å²) in [5.74, 6) is 0.911. The summed E-state index contributed by atoms with van der Waals surface area (Å²) in [6.07, 6.45) is 3.36. The van der Waals surface area contributed by atoms with Gasteiger partial charge in [-0.25, -0.2) is 9.97 Å². The molecule has 1 unspecified atom stereocenters. The molecule has 1 rings (SSSR count). The van der Waals surface area contributed by atoms with E-state index in [1.807, 2.05) is 0 Å². The molecule has 0 bridgehead atoms. The minimum absolute atomic E-state index is 0.487. The first kappa shape index (κ1) is 11.6. The first-order valence-corrected chi connectivity index (χ1v) is 5.55. The smallest absolute Gasteiger partial charge is 0.142 e. The number of nitrogens with zero attached hydrogens (tertiary/aromatic N) is 3. The SMILES string of the molecule is CC(CNc1ncncc1I)N(C)C. The zero-order chi connectivity index (χ0) is 10.6. The van der Waals surface area contributed by atoms with E-state index in [2.05, 4.69) is 63.8 Å². The van der Waals surface area contributed by atoms with Gasteiger partial charge in [-0.05, 0) is 43.6 Å². The summed E-state index contributed by atoms with van der Waals surface area (Å²) >= 11 is 2.22. The van der Waals surface area contributed by atoms with Crippen LogP contribution < -0.4 is 5.32 Å². The first-order chi connectivity index (χ1) is 6.61. The minimum atomic E-state index is 0.487. The Labute approximate surface area is 98.3 Å². The fourth-order valence-corrected chi connectivity index (χ4v) is 1.36. The lowest BCUT2D eigenvalue weighted by Gasteiger charge is -2.20. The second-order valence-corrected chi connectivity index (χ2v) is 4.58. The quantitative estimate of drug-likeness (QED) is 0.855. The molecular weight excluding hydrogens is 291 g/mol. The molecule has 0 aromatic carbocycles. The van der Waals surface area contributed by atoms with Gasteiger partial charge in [0.2, 0.25) is 0 Å². The molecule has 0 saturated carbocycles. The van der Waals surface area contributed by atoms with Crippen LogP contribution in [-0.4, -0.2) is 41.5 Å². The van der Waals surface area contributed by atoms with Crippen LogP contribution in [0.5, 0.6) is 0 Å². The minimum Gasteiger partial charge on any atom is -0.368 e. The van der Waals surface area contributed by atoms with E-state index in [0.29, 0.717) is 6.04 Å². The lowest BCUT2D eigenvalue weighted by Crippen LogP contribution is -2.31. The van der Waals surface area contributed by atoms with Gasteiger partial charge >= 0.3 is 0 Å². The van der Waals surface area contributed by atoms with E-state index < -0.39 is 0 Å². The maximum absolute atomic E-state index is 4.16. The molecule has 0 aliphatic heterocycles. The van der Waals surface area contributed by atoms with Crippen molar-refractivity contribution in [2.75, 3.05) is 26.0 Å². The molecule has 0 spiro atoms. The largest absolute Gasteiger partial charge is 0.368 e. The van der Waals surface area contributed by atoms with Crippen LogP contribution in [0.15, 0.2) is 12.5 Å². The Morgan fingerprint density at radius 2 is 2.29 bits per heavy atom. The van der Waals surface area contributed by atoms with Crippen molar-refractivity contribution >= 4 is 28.4 Å². The Bertz CT molecular complexity index is 290. The van der Waals surface area contributed by atoms with Gasteiger partial charge in [-0.1, -0.05) is 0 Å². The zero-order valence-electron chi connectivity index (χ0n) is 8.66. The number of halogens is 1. The fraction of sp³-hybridized carbons (Fsp3) is 0.556. The third-order valence-electron chi connectivity index (χ3n) is 2.11. The number of hydrogen-bond acceptors (Lipinski definition) is 4. The maximum Gasteiger partial charge on any atom is 0.142 e. The Kier molecular flexibility index (Phi) is 4.53. The molecule has 0 amide bonds. The second-order valence-electron chi connectivity index (χ2n) is 3.41. The molecule has 0 radical (unpaired) electrons. The van der Waals surface area contributed by atoms with E-state index in [9.17, 15) is 0 Å². The molecule has 0 fully saturated rings. The molecule has 1 aromatic rings. The molecular formula is C9H15IN4. The third-order valence-corrected chi connectivity index (χ3v) is 2.90. The van der Waals surface area contributed by atoms with Crippen molar-refractivity contribution in [3.63, 3.8) is 0 Å². The molecule has 5 heteroatoms. The van der Waals surface area contributed by atoms with Gasteiger partial charge in [0.15, 0.2) is 0 Å². The number of aromatic nitrogens is 2. The summed E-state index contributed by atoms with van der Waals surface area (Å²) in [6, 6.07) is 0.487. The second kappa shape index (κ2) is 5.45. The normalized spacial score (nSPS) is 12.9. The van der Waals surface area contributed by atoms with E-state index in [1.165, 1.54) is 0 Å². The number of hydrogen-bond donors (Lipinski definition) is 1. The van der Waals surface area contributed by atoms with Gasteiger partial charge in [-0.15, -0.1) is 0 Å². The van der Waals surface area contributed by atoms with Crippen molar-refractivity contribution in [3.05, 3.63) is 16.1 Å². The van der Waals surface area contributed by atoms with Crippen LogP contribution in [0, 0.1) is 3.57 Å². The number of likely N-dealkylation sites (N-methyl/N-ethyl adjacent to an activating group) is 1. The molecule has 1 atom stereocenters. The average molecular weight is 306 g/mol. The Hall–Kier alpha value is -0.430. The van der Waals surface area contributed by atoms with Crippen LogP contribution in [-0.2, 0) is 0 Å². The highest BCUT2D eigenvalue weighted by molar-refractivity contribution is 14.1. The molecule has 1 N–H and O–H groups in total. The molecule has 1 aromatic heterocycles. The number of rotatable bonds is 4. The van der Waals surface area contributed by atoms with Gasteiger partial charge < -0.3 is 10.2 Å². The molecule has 0 aliphatic carbocycles. The first-order valence-electron chi connectivity index (χ1n) is 4.47. The molecule has 0 aliphatic rings. The fourth-order valence-electron chi connectivity index (χ4n) is 0.870. The maximum atomic E-state index is 4.16. The van der Waals surface area contributed by atoms with Crippen LogP contribution >= 0.6 is 22.6 Å². The Morgan fingerprint density at radius 1 is 1.57 bits per heavy atom. The number of nitrogens with one attached hydrogen (secondary N) is 1. The predicted molar refractivity (Wildman–Crippen MR) is 66.4 cm³/mol. The average Bonchev–Trinajstić information content (AvgIpc) is 2.16. The van der Waals surface area contributed by atoms with Crippen molar-refractivity contribution in [3.8, 4) is 0 Å². The lowest BCUT2D eigenvalue weighted by molar-refractivity contribution is 0.326. The molecule has 4 nitrogen and oxygen atoms in total. The standard InChI is InChI=1S/C9H15IN4/c1-7(14(2)3)4-12-9-8(10)5-11-6-13-9/h5-7H,4H2,1-3H3,(H,11,12,13). The molecule has 14 heavy (non-hydrogen) atoms. The van der Waals surface area contributed by atoms with Gasteiger partial charge in [0, 0.05) is 18.8 Å².